The SMILES string of the molecule is Cn1cc(CN)c(-c2cc(Cl)ccc2Cl)n1. The Balaban J connectivity index is 2.61. The molecule has 0 saturated carbocycles. The number of halogens is 2. The molecule has 2 rings (SSSR count). The highest BCUT2D eigenvalue weighted by molar-refractivity contribution is 6.35. The molecule has 16 heavy (non-hydrogen) atoms. The third-order valence-corrected chi connectivity index (χ3v) is 2.87. The van der Waals surface area contributed by atoms with Gasteiger partial charge in [0.25, 0.3) is 0 Å². The fourth-order valence-electron chi connectivity index (χ4n) is 1.59. The molecule has 0 saturated heterocycles. The zero-order valence-corrected chi connectivity index (χ0v) is 10.3. The molecule has 0 radical (unpaired) electrons. The molecule has 1 heterocycles. The predicted molar refractivity (Wildman–Crippen MR) is 66.6 cm³/mol. The number of aromatic nitrogens is 2. The second kappa shape index (κ2) is 4.45. The smallest absolute Gasteiger partial charge is 0.0983 e. The lowest BCUT2D eigenvalue weighted by Gasteiger charge is -2.03. The van der Waals surface area contributed by atoms with Crippen LogP contribution < -0.4 is 5.73 Å². The van der Waals surface area contributed by atoms with Gasteiger partial charge < -0.3 is 5.73 Å². The van der Waals surface area contributed by atoms with Crippen molar-refractivity contribution < 1.29 is 0 Å². The first kappa shape index (κ1) is 11.5. The van der Waals surface area contributed by atoms with E-state index in [0.29, 0.717) is 16.6 Å². The lowest BCUT2D eigenvalue weighted by atomic mass is 10.1. The van der Waals surface area contributed by atoms with Crippen LogP contribution in [0.15, 0.2) is 24.4 Å². The van der Waals surface area contributed by atoms with Crippen molar-refractivity contribution in [3.63, 3.8) is 0 Å². The van der Waals surface area contributed by atoms with Crippen molar-refractivity contribution in [1.82, 2.24) is 9.78 Å². The van der Waals surface area contributed by atoms with Crippen LogP contribution in [0.25, 0.3) is 11.3 Å². The maximum atomic E-state index is 6.12. The molecule has 0 aliphatic heterocycles. The summed E-state index contributed by atoms with van der Waals surface area (Å²) in [7, 11) is 1.85. The fourth-order valence-corrected chi connectivity index (χ4v) is 1.97. The molecule has 5 heteroatoms. The third-order valence-electron chi connectivity index (χ3n) is 2.31. The van der Waals surface area contributed by atoms with Crippen molar-refractivity contribution in [3.8, 4) is 11.3 Å². The van der Waals surface area contributed by atoms with E-state index >= 15 is 0 Å². The van der Waals surface area contributed by atoms with Gasteiger partial charge in [0.2, 0.25) is 0 Å². The van der Waals surface area contributed by atoms with Gasteiger partial charge in [0.1, 0.15) is 0 Å². The van der Waals surface area contributed by atoms with Crippen LogP contribution in [0.2, 0.25) is 10.0 Å². The van der Waals surface area contributed by atoms with Gasteiger partial charge in [-0.15, -0.1) is 0 Å². The summed E-state index contributed by atoms with van der Waals surface area (Å²) in [5, 5.41) is 5.60. The lowest BCUT2D eigenvalue weighted by molar-refractivity contribution is 0.769. The number of hydrogen-bond acceptors (Lipinski definition) is 2. The van der Waals surface area contributed by atoms with Crippen LogP contribution in [-0.2, 0) is 13.6 Å². The van der Waals surface area contributed by atoms with E-state index in [-0.39, 0.29) is 0 Å². The van der Waals surface area contributed by atoms with E-state index in [1.165, 1.54) is 0 Å². The molecule has 0 amide bonds. The molecule has 0 bridgehead atoms. The summed E-state index contributed by atoms with van der Waals surface area (Å²) in [5.74, 6) is 0. The van der Waals surface area contributed by atoms with Crippen molar-refractivity contribution >= 4 is 23.2 Å². The van der Waals surface area contributed by atoms with Crippen molar-refractivity contribution in [2.24, 2.45) is 12.8 Å². The van der Waals surface area contributed by atoms with Crippen LogP contribution >= 0.6 is 23.2 Å². The minimum Gasteiger partial charge on any atom is -0.326 e. The molecule has 0 fully saturated rings. The Bertz CT molecular complexity index is 520. The Morgan fingerprint density at radius 3 is 2.81 bits per heavy atom. The third kappa shape index (κ3) is 2.07. The van der Waals surface area contributed by atoms with Gasteiger partial charge in [0, 0.05) is 35.9 Å². The van der Waals surface area contributed by atoms with Crippen molar-refractivity contribution in [2.45, 2.75) is 6.54 Å². The molecule has 1 aromatic carbocycles. The van der Waals surface area contributed by atoms with E-state index in [0.717, 1.165) is 16.8 Å². The summed E-state index contributed by atoms with van der Waals surface area (Å²) >= 11 is 12.1. The first-order chi connectivity index (χ1) is 7.61. The molecule has 84 valence electrons. The van der Waals surface area contributed by atoms with Gasteiger partial charge in [0.15, 0.2) is 0 Å². The van der Waals surface area contributed by atoms with Crippen LogP contribution in [-0.4, -0.2) is 9.78 Å². The fraction of sp³-hybridized carbons (Fsp3) is 0.182. The van der Waals surface area contributed by atoms with Gasteiger partial charge in [-0.3, -0.25) is 4.68 Å². The van der Waals surface area contributed by atoms with Crippen molar-refractivity contribution in [1.29, 1.82) is 0 Å². The van der Waals surface area contributed by atoms with Crippen LogP contribution in [0, 0.1) is 0 Å². The highest BCUT2D eigenvalue weighted by Gasteiger charge is 2.12. The zero-order chi connectivity index (χ0) is 11.7. The van der Waals surface area contributed by atoms with E-state index in [9.17, 15) is 0 Å². The van der Waals surface area contributed by atoms with Gasteiger partial charge in [0.05, 0.1) is 10.7 Å². The minimum atomic E-state index is 0.423. The Hall–Kier alpha value is -1.03. The highest BCUT2D eigenvalue weighted by Crippen LogP contribution is 2.31. The van der Waals surface area contributed by atoms with Crippen molar-refractivity contribution in [3.05, 3.63) is 40.0 Å². The topological polar surface area (TPSA) is 43.8 Å². The van der Waals surface area contributed by atoms with E-state index in [1.54, 1.807) is 22.9 Å². The molecular weight excluding hydrogens is 245 g/mol. The van der Waals surface area contributed by atoms with Gasteiger partial charge in [-0.05, 0) is 18.2 Å². The largest absolute Gasteiger partial charge is 0.326 e. The number of nitrogens with two attached hydrogens (primary N) is 1. The monoisotopic (exact) mass is 255 g/mol. The Kier molecular flexibility index (Phi) is 3.19. The average Bonchev–Trinajstić information content (AvgIpc) is 2.63. The first-order valence-electron chi connectivity index (χ1n) is 4.80. The Morgan fingerprint density at radius 2 is 2.12 bits per heavy atom. The lowest BCUT2D eigenvalue weighted by Crippen LogP contribution is -1.96. The molecule has 0 spiro atoms. The molecule has 2 aromatic rings. The number of aryl methyl sites for hydroxylation is 1. The quantitative estimate of drug-likeness (QED) is 0.897. The Morgan fingerprint density at radius 1 is 1.38 bits per heavy atom. The van der Waals surface area contributed by atoms with Gasteiger partial charge in [-0.25, -0.2) is 0 Å². The predicted octanol–water partition coefficient (Wildman–Crippen LogP) is 2.85. The van der Waals surface area contributed by atoms with E-state index in [2.05, 4.69) is 5.10 Å². The summed E-state index contributed by atoms with van der Waals surface area (Å²) in [6.45, 7) is 0.423. The van der Waals surface area contributed by atoms with Gasteiger partial charge in [-0.1, -0.05) is 23.2 Å². The van der Waals surface area contributed by atoms with Crippen LogP contribution in [0.3, 0.4) is 0 Å². The van der Waals surface area contributed by atoms with Crippen LogP contribution in [0.5, 0.6) is 0 Å². The summed E-state index contributed by atoms with van der Waals surface area (Å²) in [6.07, 6.45) is 1.88. The number of rotatable bonds is 2. The average molecular weight is 256 g/mol. The van der Waals surface area contributed by atoms with Crippen LogP contribution in [0.4, 0.5) is 0 Å². The standard InChI is InChI=1S/C11H11Cl2N3/c1-16-6-7(5-14)11(15-16)9-4-8(12)2-3-10(9)13/h2-4,6H,5,14H2,1H3. The van der Waals surface area contributed by atoms with Gasteiger partial charge >= 0.3 is 0 Å². The summed E-state index contributed by atoms with van der Waals surface area (Å²) in [5.41, 5.74) is 8.22. The maximum absolute atomic E-state index is 6.12. The van der Waals surface area contributed by atoms with E-state index in [4.69, 9.17) is 28.9 Å². The second-order valence-electron chi connectivity index (χ2n) is 3.50. The summed E-state index contributed by atoms with van der Waals surface area (Å²) < 4.78 is 1.72. The molecule has 3 nitrogen and oxygen atoms in total. The normalized spacial score (nSPS) is 10.8. The molecule has 2 N–H and O–H groups in total. The van der Waals surface area contributed by atoms with Gasteiger partial charge in [-0.2, -0.15) is 5.10 Å². The second-order valence-corrected chi connectivity index (χ2v) is 4.35. The highest BCUT2D eigenvalue weighted by atomic mass is 35.5. The number of benzene rings is 1. The Labute approximate surface area is 104 Å². The molecule has 0 aliphatic carbocycles. The van der Waals surface area contributed by atoms with E-state index < -0.39 is 0 Å². The van der Waals surface area contributed by atoms with Crippen molar-refractivity contribution in [2.75, 3.05) is 0 Å². The minimum absolute atomic E-state index is 0.423. The molecule has 1 aromatic heterocycles. The molecule has 0 atom stereocenters. The summed E-state index contributed by atoms with van der Waals surface area (Å²) in [6, 6.07) is 5.30. The number of nitrogens with zero attached hydrogens (tertiary/aromatic N) is 2. The van der Waals surface area contributed by atoms with Crippen LogP contribution in [0.1, 0.15) is 5.56 Å². The molecule has 0 aliphatic rings. The number of hydrogen-bond donors (Lipinski definition) is 1. The molecule has 0 unspecified atom stereocenters. The summed E-state index contributed by atoms with van der Waals surface area (Å²) in [4.78, 5) is 0. The molecular formula is C11H11Cl2N3. The first-order valence-corrected chi connectivity index (χ1v) is 5.55. The maximum Gasteiger partial charge on any atom is 0.0983 e. The zero-order valence-electron chi connectivity index (χ0n) is 8.74. The van der Waals surface area contributed by atoms with E-state index in [1.807, 2.05) is 13.2 Å².